The van der Waals surface area contributed by atoms with Gasteiger partial charge in [-0.25, -0.2) is 4.98 Å². The van der Waals surface area contributed by atoms with E-state index in [2.05, 4.69) is 16.2 Å². The van der Waals surface area contributed by atoms with E-state index in [4.69, 9.17) is 14.5 Å². The van der Waals surface area contributed by atoms with Crippen LogP contribution < -0.4 is 9.47 Å². The molecule has 0 saturated heterocycles. The highest BCUT2D eigenvalue weighted by molar-refractivity contribution is 5.85. The number of alkyl halides is 3. The van der Waals surface area contributed by atoms with Gasteiger partial charge < -0.3 is 18.8 Å². The van der Waals surface area contributed by atoms with E-state index < -0.39 is 6.36 Å². The average Bonchev–Trinajstić information content (AvgIpc) is 2.96. The number of hydrogen-bond acceptors (Lipinski definition) is 4. The molecule has 8 heteroatoms. The quantitative estimate of drug-likeness (QED) is 0.545. The standard InChI is InChI=1S/C21H23F3N2O3/c1-12-8-17-20(13(2)10-26(17)14(3)11-27-4)25-19(12)16-7-6-15(9-18(16)28-5)29-21(22,23)24/h6-10,14H,11H2,1-5H3. The third kappa shape index (κ3) is 4.32. The molecule has 0 amide bonds. The summed E-state index contributed by atoms with van der Waals surface area (Å²) in [5.41, 5.74) is 4.92. The number of pyridine rings is 1. The van der Waals surface area contributed by atoms with Gasteiger partial charge in [0.15, 0.2) is 0 Å². The van der Waals surface area contributed by atoms with Gasteiger partial charge >= 0.3 is 6.36 Å². The molecule has 0 aliphatic carbocycles. The summed E-state index contributed by atoms with van der Waals surface area (Å²) >= 11 is 0. The topological polar surface area (TPSA) is 45.5 Å². The number of hydrogen-bond donors (Lipinski definition) is 0. The summed E-state index contributed by atoms with van der Waals surface area (Å²) in [6.45, 7) is 6.52. The Balaban J connectivity index is 2.10. The van der Waals surface area contributed by atoms with Crippen molar-refractivity contribution in [3.8, 4) is 22.8 Å². The average molecular weight is 408 g/mol. The number of halogens is 3. The summed E-state index contributed by atoms with van der Waals surface area (Å²) in [7, 11) is 3.06. The van der Waals surface area contributed by atoms with Gasteiger partial charge in [-0.05, 0) is 50.1 Å². The molecule has 0 spiro atoms. The molecule has 5 nitrogen and oxygen atoms in total. The zero-order valence-electron chi connectivity index (χ0n) is 16.9. The van der Waals surface area contributed by atoms with Gasteiger partial charge in [-0.1, -0.05) is 0 Å². The molecule has 156 valence electrons. The first-order valence-electron chi connectivity index (χ1n) is 9.06. The molecule has 3 aromatic rings. The van der Waals surface area contributed by atoms with Crippen LogP contribution in [0.1, 0.15) is 24.1 Å². The monoisotopic (exact) mass is 408 g/mol. The Bertz CT molecular complexity index is 1030. The molecule has 3 rings (SSSR count). The van der Waals surface area contributed by atoms with E-state index >= 15 is 0 Å². The molecule has 0 N–H and O–H groups in total. The molecule has 0 radical (unpaired) electrons. The highest BCUT2D eigenvalue weighted by Crippen LogP contribution is 2.37. The molecule has 29 heavy (non-hydrogen) atoms. The van der Waals surface area contributed by atoms with Crippen LogP contribution in [0.25, 0.3) is 22.3 Å². The van der Waals surface area contributed by atoms with E-state index in [1.54, 1.807) is 7.11 Å². The molecule has 0 bridgehead atoms. The zero-order chi connectivity index (χ0) is 21.3. The summed E-state index contributed by atoms with van der Waals surface area (Å²) in [6.07, 6.45) is -2.74. The van der Waals surface area contributed by atoms with Gasteiger partial charge in [-0.3, -0.25) is 0 Å². The van der Waals surface area contributed by atoms with Crippen LogP contribution in [0.2, 0.25) is 0 Å². The second-order valence-corrected chi connectivity index (χ2v) is 6.96. The summed E-state index contributed by atoms with van der Waals surface area (Å²) in [5.74, 6) is -0.0842. The fourth-order valence-corrected chi connectivity index (χ4v) is 3.45. The van der Waals surface area contributed by atoms with Crippen LogP contribution >= 0.6 is 0 Å². The van der Waals surface area contributed by atoms with E-state index in [-0.39, 0.29) is 17.5 Å². The largest absolute Gasteiger partial charge is 0.573 e. The Morgan fingerprint density at radius 1 is 1.10 bits per heavy atom. The number of fused-ring (bicyclic) bond motifs is 1. The second-order valence-electron chi connectivity index (χ2n) is 6.96. The van der Waals surface area contributed by atoms with Gasteiger partial charge in [0.2, 0.25) is 0 Å². The molecule has 2 aromatic heterocycles. The van der Waals surface area contributed by atoms with Gasteiger partial charge in [0, 0.05) is 24.9 Å². The molecule has 0 fully saturated rings. The molecule has 1 aromatic carbocycles. The van der Waals surface area contributed by atoms with Crippen LogP contribution in [-0.4, -0.2) is 36.7 Å². The Kier molecular flexibility index (Phi) is 5.75. The van der Waals surface area contributed by atoms with Gasteiger partial charge in [0.1, 0.15) is 11.5 Å². The predicted octanol–water partition coefficient (Wildman–Crippen LogP) is 5.43. The third-order valence-electron chi connectivity index (χ3n) is 4.72. The van der Waals surface area contributed by atoms with Crippen molar-refractivity contribution in [2.45, 2.75) is 33.2 Å². The van der Waals surface area contributed by atoms with Crippen molar-refractivity contribution in [2.75, 3.05) is 20.8 Å². The summed E-state index contributed by atoms with van der Waals surface area (Å²) in [6, 6.07) is 6.16. The second kappa shape index (κ2) is 7.94. The van der Waals surface area contributed by atoms with Gasteiger partial charge in [0.05, 0.1) is 36.5 Å². The molecule has 0 aliphatic heterocycles. The molecule has 2 heterocycles. The maximum absolute atomic E-state index is 12.5. The minimum atomic E-state index is -4.77. The third-order valence-corrected chi connectivity index (χ3v) is 4.72. The summed E-state index contributed by atoms with van der Waals surface area (Å²) < 4.78 is 54.3. The fraction of sp³-hybridized carbons (Fsp3) is 0.381. The minimum Gasteiger partial charge on any atom is -0.496 e. The maximum atomic E-state index is 12.5. The molecule has 1 atom stereocenters. The van der Waals surface area contributed by atoms with Gasteiger partial charge in [-0.2, -0.15) is 0 Å². The van der Waals surface area contributed by atoms with Crippen molar-refractivity contribution in [1.82, 2.24) is 9.55 Å². The predicted molar refractivity (Wildman–Crippen MR) is 104 cm³/mol. The molecule has 0 saturated carbocycles. The number of rotatable bonds is 6. The maximum Gasteiger partial charge on any atom is 0.573 e. The lowest BCUT2D eigenvalue weighted by Gasteiger charge is -2.16. The first-order valence-corrected chi connectivity index (χ1v) is 9.06. The number of aryl methyl sites for hydroxylation is 2. The summed E-state index contributed by atoms with van der Waals surface area (Å²) in [5, 5.41) is 0. The first kappa shape index (κ1) is 21.0. The van der Waals surface area contributed by atoms with Crippen LogP contribution in [0.4, 0.5) is 13.2 Å². The molecular weight excluding hydrogens is 385 g/mol. The van der Waals surface area contributed by atoms with Crippen molar-refractivity contribution in [2.24, 2.45) is 0 Å². The van der Waals surface area contributed by atoms with Crippen LogP contribution in [0.5, 0.6) is 11.5 Å². The van der Waals surface area contributed by atoms with Crippen molar-refractivity contribution in [3.05, 3.63) is 41.6 Å². The van der Waals surface area contributed by atoms with E-state index in [0.29, 0.717) is 17.9 Å². The van der Waals surface area contributed by atoms with Crippen molar-refractivity contribution < 1.29 is 27.4 Å². The van der Waals surface area contributed by atoms with Crippen molar-refractivity contribution in [1.29, 1.82) is 0 Å². The lowest BCUT2D eigenvalue weighted by atomic mass is 10.0. The van der Waals surface area contributed by atoms with E-state index in [1.165, 1.54) is 25.3 Å². The van der Waals surface area contributed by atoms with Crippen LogP contribution in [0.15, 0.2) is 30.5 Å². The number of benzene rings is 1. The highest BCUT2D eigenvalue weighted by Gasteiger charge is 2.31. The SMILES string of the molecule is COCC(C)n1cc(C)c2nc(-c3ccc(OC(F)(F)F)cc3OC)c(C)cc21. The van der Waals surface area contributed by atoms with Gasteiger partial charge in [-0.15, -0.1) is 13.2 Å². The lowest BCUT2D eigenvalue weighted by molar-refractivity contribution is -0.274. The number of methoxy groups -OCH3 is 2. The Labute approximate surface area is 167 Å². The van der Waals surface area contributed by atoms with Crippen molar-refractivity contribution >= 4 is 11.0 Å². The van der Waals surface area contributed by atoms with Gasteiger partial charge in [0.25, 0.3) is 0 Å². The zero-order valence-corrected chi connectivity index (χ0v) is 16.9. The Morgan fingerprint density at radius 2 is 1.83 bits per heavy atom. The minimum absolute atomic E-state index is 0.136. The highest BCUT2D eigenvalue weighted by atomic mass is 19.4. The van der Waals surface area contributed by atoms with E-state index in [9.17, 15) is 13.2 Å². The Hall–Kier alpha value is -2.74. The number of nitrogens with zero attached hydrogens (tertiary/aromatic N) is 2. The van der Waals surface area contributed by atoms with E-state index in [1.807, 2.05) is 26.1 Å². The molecule has 0 aliphatic rings. The normalized spacial score (nSPS) is 13.0. The van der Waals surface area contributed by atoms with Crippen LogP contribution in [-0.2, 0) is 4.74 Å². The summed E-state index contributed by atoms with van der Waals surface area (Å²) in [4.78, 5) is 4.82. The van der Waals surface area contributed by atoms with Crippen molar-refractivity contribution in [3.63, 3.8) is 0 Å². The Morgan fingerprint density at radius 3 is 2.45 bits per heavy atom. The van der Waals surface area contributed by atoms with E-state index in [0.717, 1.165) is 22.2 Å². The number of ether oxygens (including phenoxy) is 3. The fourth-order valence-electron chi connectivity index (χ4n) is 3.45. The molecular formula is C21H23F3N2O3. The smallest absolute Gasteiger partial charge is 0.496 e. The van der Waals surface area contributed by atoms with Crippen LogP contribution in [0.3, 0.4) is 0 Å². The first-order chi connectivity index (χ1) is 13.6. The molecule has 1 unspecified atom stereocenters. The van der Waals surface area contributed by atoms with Crippen LogP contribution in [0, 0.1) is 13.8 Å². The lowest BCUT2D eigenvalue weighted by Crippen LogP contribution is -2.17. The number of aromatic nitrogens is 2.